The largest absolute Gasteiger partial charge is 0.468 e. The lowest BCUT2D eigenvalue weighted by atomic mass is 10.1. The molecule has 1 aliphatic heterocycles. The molecular formula is C26H29N3O3. The summed E-state index contributed by atoms with van der Waals surface area (Å²) in [7, 11) is 1.44. The quantitative estimate of drug-likeness (QED) is 0.622. The number of fused-ring (bicyclic) bond motifs is 2. The molecule has 1 aromatic heterocycles. The van der Waals surface area contributed by atoms with Crippen molar-refractivity contribution in [3.8, 4) is 0 Å². The van der Waals surface area contributed by atoms with E-state index in [4.69, 9.17) is 4.74 Å². The van der Waals surface area contributed by atoms with Crippen molar-refractivity contribution in [2.24, 2.45) is 0 Å². The number of likely N-dealkylation sites (tertiary alicyclic amines) is 1. The van der Waals surface area contributed by atoms with E-state index in [-0.39, 0.29) is 30.0 Å². The molecular weight excluding hydrogens is 402 g/mol. The number of para-hydroxylation sites is 1. The van der Waals surface area contributed by atoms with Crippen LogP contribution in [0, 0.1) is 13.8 Å². The first kappa shape index (κ1) is 20.8. The molecule has 0 unspecified atom stereocenters. The molecule has 1 saturated heterocycles. The molecule has 0 bridgehead atoms. The number of hydrogen-bond acceptors (Lipinski definition) is 4. The van der Waals surface area contributed by atoms with E-state index in [0.29, 0.717) is 18.5 Å². The summed E-state index contributed by atoms with van der Waals surface area (Å²) in [5, 5.41) is 4.26. The van der Waals surface area contributed by atoms with Crippen LogP contribution in [0.4, 0.5) is 0 Å². The summed E-state index contributed by atoms with van der Waals surface area (Å²) in [5.41, 5.74) is 6.42. The number of amides is 1. The summed E-state index contributed by atoms with van der Waals surface area (Å²) in [5.74, 6) is -0.336. The fraction of sp³-hybridized carbons (Fsp3) is 0.385. The third kappa shape index (κ3) is 3.48. The van der Waals surface area contributed by atoms with Gasteiger partial charge in [-0.3, -0.25) is 14.5 Å². The zero-order chi connectivity index (χ0) is 22.4. The first-order chi connectivity index (χ1) is 15.5. The smallest absolute Gasteiger partial charge is 0.323 e. The number of benzene rings is 2. The van der Waals surface area contributed by atoms with Crippen molar-refractivity contribution >= 4 is 22.8 Å². The Labute approximate surface area is 187 Å². The maximum atomic E-state index is 13.2. The molecule has 1 fully saturated rings. The lowest BCUT2D eigenvalue weighted by Crippen LogP contribution is -2.45. The van der Waals surface area contributed by atoms with Crippen LogP contribution in [0.25, 0.3) is 10.9 Å². The molecule has 2 aliphatic rings. The molecule has 0 saturated carbocycles. The molecule has 0 spiro atoms. The number of nitrogens with one attached hydrogen (secondary N) is 2. The molecule has 6 nitrogen and oxygen atoms in total. The van der Waals surface area contributed by atoms with Crippen LogP contribution in [0.2, 0.25) is 0 Å². The van der Waals surface area contributed by atoms with Gasteiger partial charge < -0.3 is 15.0 Å². The topological polar surface area (TPSA) is 74.4 Å². The number of carbonyl (C=O) groups excluding carboxylic acids is 2. The maximum Gasteiger partial charge on any atom is 0.323 e. The van der Waals surface area contributed by atoms with Gasteiger partial charge in [-0.25, -0.2) is 0 Å². The fourth-order valence-corrected chi connectivity index (χ4v) is 5.44. The highest BCUT2D eigenvalue weighted by Crippen LogP contribution is 2.31. The molecule has 6 heteroatoms. The van der Waals surface area contributed by atoms with Gasteiger partial charge in [0.25, 0.3) is 5.91 Å². The number of nitrogens with zero attached hydrogens (tertiary/aromatic N) is 1. The summed E-state index contributed by atoms with van der Waals surface area (Å²) < 4.78 is 5.11. The molecule has 3 aromatic rings. The van der Waals surface area contributed by atoms with Crippen LogP contribution in [-0.2, 0) is 22.4 Å². The second-order valence-electron chi connectivity index (χ2n) is 9.08. The van der Waals surface area contributed by atoms with E-state index >= 15 is 0 Å². The number of methoxy groups -OCH3 is 1. The molecule has 32 heavy (non-hydrogen) atoms. The fourth-order valence-electron chi connectivity index (χ4n) is 5.44. The van der Waals surface area contributed by atoms with Crippen molar-refractivity contribution in [1.29, 1.82) is 0 Å². The normalized spacial score (nSPS) is 21.1. The molecule has 2 aromatic carbocycles. The van der Waals surface area contributed by atoms with Crippen molar-refractivity contribution < 1.29 is 14.3 Å². The minimum Gasteiger partial charge on any atom is -0.468 e. The second-order valence-corrected chi connectivity index (χ2v) is 9.08. The predicted molar refractivity (Wildman–Crippen MR) is 124 cm³/mol. The monoisotopic (exact) mass is 431 g/mol. The number of rotatable bonds is 4. The molecule has 2 N–H and O–H groups in total. The first-order valence-corrected chi connectivity index (χ1v) is 11.3. The number of aromatic nitrogens is 1. The van der Waals surface area contributed by atoms with Crippen molar-refractivity contribution in [1.82, 2.24) is 15.2 Å². The first-order valence-electron chi connectivity index (χ1n) is 11.3. The average molecular weight is 432 g/mol. The Bertz CT molecular complexity index is 1170. The number of H-pyrrole nitrogens is 1. The lowest BCUT2D eigenvalue weighted by Gasteiger charge is -2.28. The number of aromatic amines is 1. The van der Waals surface area contributed by atoms with Gasteiger partial charge in [-0.05, 0) is 55.9 Å². The van der Waals surface area contributed by atoms with Crippen molar-refractivity contribution in [3.63, 3.8) is 0 Å². The van der Waals surface area contributed by atoms with E-state index in [1.54, 1.807) is 0 Å². The van der Waals surface area contributed by atoms with Gasteiger partial charge >= 0.3 is 5.97 Å². The van der Waals surface area contributed by atoms with Crippen molar-refractivity contribution in [3.05, 3.63) is 70.4 Å². The van der Waals surface area contributed by atoms with E-state index in [0.717, 1.165) is 35.0 Å². The third-order valence-electron chi connectivity index (χ3n) is 7.23. The summed E-state index contributed by atoms with van der Waals surface area (Å²) in [6, 6.07) is 14.1. The minimum absolute atomic E-state index is 0.109. The second kappa shape index (κ2) is 8.10. The Balaban J connectivity index is 1.36. The van der Waals surface area contributed by atoms with E-state index in [1.165, 1.54) is 18.2 Å². The van der Waals surface area contributed by atoms with Crippen LogP contribution >= 0.6 is 0 Å². The van der Waals surface area contributed by atoms with Crippen molar-refractivity contribution in [2.75, 3.05) is 13.7 Å². The van der Waals surface area contributed by atoms with Gasteiger partial charge in [0.2, 0.25) is 0 Å². The lowest BCUT2D eigenvalue weighted by molar-refractivity contribution is -0.146. The van der Waals surface area contributed by atoms with Gasteiger partial charge in [0.05, 0.1) is 18.2 Å². The number of esters is 1. The zero-order valence-corrected chi connectivity index (χ0v) is 18.8. The highest BCUT2D eigenvalue weighted by Gasteiger charge is 2.43. The Morgan fingerprint density at radius 2 is 1.78 bits per heavy atom. The third-order valence-corrected chi connectivity index (χ3v) is 7.23. The number of carbonyl (C=O) groups is 2. The van der Waals surface area contributed by atoms with Crippen LogP contribution in [-0.4, -0.2) is 53.5 Å². The molecule has 1 aliphatic carbocycles. The van der Waals surface area contributed by atoms with Crippen molar-refractivity contribution in [2.45, 2.75) is 51.2 Å². The zero-order valence-electron chi connectivity index (χ0n) is 18.8. The van der Waals surface area contributed by atoms with E-state index in [2.05, 4.69) is 46.4 Å². The van der Waals surface area contributed by atoms with Gasteiger partial charge in [0, 0.05) is 29.7 Å². The van der Waals surface area contributed by atoms with Gasteiger partial charge in [-0.2, -0.15) is 0 Å². The maximum absolute atomic E-state index is 13.2. The summed E-state index contributed by atoms with van der Waals surface area (Å²) in [6.45, 7) is 4.72. The highest BCUT2D eigenvalue weighted by atomic mass is 16.5. The summed E-state index contributed by atoms with van der Waals surface area (Å²) >= 11 is 0. The van der Waals surface area contributed by atoms with E-state index in [9.17, 15) is 9.59 Å². The Kier molecular flexibility index (Phi) is 5.25. The van der Waals surface area contributed by atoms with E-state index < -0.39 is 0 Å². The van der Waals surface area contributed by atoms with Crippen LogP contribution in [0.1, 0.15) is 39.2 Å². The SMILES string of the molecule is COC(=O)[C@@H]1C[C@H](NC(=O)c2cccc3c(C)c(C)[nH]c23)CN1C1Cc2ccccc2C1. The Morgan fingerprint density at radius 3 is 2.47 bits per heavy atom. The highest BCUT2D eigenvalue weighted by molar-refractivity contribution is 6.06. The average Bonchev–Trinajstić information content (AvgIpc) is 3.48. The van der Waals surface area contributed by atoms with Gasteiger partial charge in [-0.1, -0.05) is 36.4 Å². The van der Waals surface area contributed by atoms with Crippen LogP contribution < -0.4 is 5.32 Å². The Morgan fingerprint density at radius 1 is 1.06 bits per heavy atom. The Hall–Kier alpha value is -3.12. The molecule has 166 valence electrons. The molecule has 1 amide bonds. The number of aryl methyl sites for hydroxylation is 2. The summed E-state index contributed by atoms with van der Waals surface area (Å²) in [4.78, 5) is 31.4. The molecule has 2 heterocycles. The molecule has 2 atom stereocenters. The standard InChI is InChI=1S/C26H29N3O3/c1-15-16(2)27-24-21(15)9-6-10-22(24)25(30)28-19-13-23(26(31)32-3)29(14-19)20-11-17-7-4-5-8-18(17)12-20/h4-10,19-20,23,27H,11-14H2,1-3H3,(H,28,30)/t19-,23-/m0/s1. The van der Waals surface area contributed by atoms with Crippen LogP contribution in [0.15, 0.2) is 42.5 Å². The summed E-state index contributed by atoms with van der Waals surface area (Å²) in [6.07, 6.45) is 2.40. The number of hydrogen-bond donors (Lipinski definition) is 2. The van der Waals surface area contributed by atoms with Gasteiger partial charge in [-0.15, -0.1) is 0 Å². The van der Waals surface area contributed by atoms with Crippen LogP contribution in [0.3, 0.4) is 0 Å². The van der Waals surface area contributed by atoms with E-state index in [1.807, 2.05) is 25.1 Å². The van der Waals surface area contributed by atoms with Gasteiger partial charge in [0.1, 0.15) is 6.04 Å². The molecule has 5 rings (SSSR count). The minimum atomic E-state index is -0.338. The number of ether oxygens (including phenoxy) is 1. The van der Waals surface area contributed by atoms with Gasteiger partial charge in [0.15, 0.2) is 0 Å². The molecule has 0 radical (unpaired) electrons. The predicted octanol–water partition coefficient (Wildman–Crippen LogP) is 3.30. The van der Waals surface area contributed by atoms with Crippen LogP contribution in [0.5, 0.6) is 0 Å².